The van der Waals surface area contributed by atoms with E-state index in [-0.39, 0.29) is 11.7 Å². The van der Waals surface area contributed by atoms with E-state index in [1.54, 1.807) is 37.5 Å². The summed E-state index contributed by atoms with van der Waals surface area (Å²) in [5.41, 5.74) is 3.33. The van der Waals surface area contributed by atoms with Crippen LogP contribution in [0.3, 0.4) is 0 Å². The number of hydrogen-bond acceptors (Lipinski definition) is 6. The van der Waals surface area contributed by atoms with E-state index in [4.69, 9.17) is 14.0 Å². The number of aromatic nitrogens is 1. The van der Waals surface area contributed by atoms with Crippen LogP contribution < -0.4 is 10.1 Å². The molecule has 0 fully saturated rings. The number of para-hydroxylation sites is 1. The summed E-state index contributed by atoms with van der Waals surface area (Å²) in [4.78, 5) is 29.2. The average Bonchev–Trinajstić information content (AvgIpc) is 3.11. The van der Waals surface area contributed by atoms with Crippen LogP contribution in [0.15, 0.2) is 63.3 Å². The Morgan fingerprint density at radius 2 is 2.09 bits per heavy atom. The third-order valence-electron chi connectivity index (χ3n) is 5.27. The maximum atomic E-state index is 12.6. The lowest BCUT2D eigenvalue weighted by atomic mass is 10.0. The molecule has 1 aliphatic carbocycles. The summed E-state index contributed by atoms with van der Waals surface area (Å²) in [6, 6.07) is 7.31. The molecule has 0 radical (unpaired) electrons. The number of rotatable bonds is 6. The lowest BCUT2D eigenvalue weighted by molar-refractivity contribution is -0.119. The minimum absolute atomic E-state index is 0.119. The van der Waals surface area contributed by atoms with Crippen molar-refractivity contribution in [3.63, 3.8) is 0 Å². The molecule has 4 rings (SSSR count). The molecule has 2 amide bonds. The second kappa shape index (κ2) is 9.05. The highest BCUT2D eigenvalue weighted by atomic mass is 16.5. The van der Waals surface area contributed by atoms with E-state index in [1.807, 2.05) is 32.0 Å². The van der Waals surface area contributed by atoms with Gasteiger partial charge < -0.3 is 19.3 Å². The summed E-state index contributed by atoms with van der Waals surface area (Å²) in [5, 5.41) is 6.79. The van der Waals surface area contributed by atoms with Crippen molar-refractivity contribution in [1.29, 1.82) is 0 Å². The molecule has 2 aromatic rings. The van der Waals surface area contributed by atoms with Crippen molar-refractivity contribution in [2.75, 3.05) is 13.7 Å². The molecule has 0 bridgehead atoms. The maximum absolute atomic E-state index is 12.6. The fourth-order valence-electron chi connectivity index (χ4n) is 3.56. The van der Waals surface area contributed by atoms with Gasteiger partial charge >= 0.3 is 5.91 Å². The molecular weight excluding hydrogens is 410 g/mol. The number of nitrogens with zero attached hydrogens (tertiary/aromatic N) is 2. The standard InChI is InChI=1S/C24H23N3O5/c1-14-18(15(2)32-27-14)10-11-25-23(28)17-8-9-21-19(12-17)26-24(29)22(31-21)13-16-6-4-5-7-20(16)30-3/h4-9,12-13,21H,10-11H2,1-3H3,(H,25,28)/b22-13-. The van der Waals surface area contributed by atoms with Crippen molar-refractivity contribution in [1.82, 2.24) is 10.5 Å². The molecule has 1 aromatic carbocycles. The highest BCUT2D eigenvalue weighted by molar-refractivity contribution is 6.16. The molecule has 164 valence electrons. The third-order valence-corrected chi connectivity index (χ3v) is 5.27. The summed E-state index contributed by atoms with van der Waals surface area (Å²) in [6.45, 7) is 4.15. The lowest BCUT2D eigenvalue weighted by Crippen LogP contribution is -2.33. The minimum atomic E-state index is -0.535. The predicted molar refractivity (Wildman–Crippen MR) is 118 cm³/mol. The molecular formula is C24H23N3O5. The first-order valence-corrected chi connectivity index (χ1v) is 10.2. The Labute approximate surface area is 185 Å². The number of carbonyl (C=O) groups is 2. The van der Waals surface area contributed by atoms with Gasteiger partial charge in [0.2, 0.25) is 0 Å². The fraction of sp³-hybridized carbons (Fsp3) is 0.250. The number of hydrogen-bond donors (Lipinski definition) is 1. The van der Waals surface area contributed by atoms with Gasteiger partial charge in [0.1, 0.15) is 11.5 Å². The van der Waals surface area contributed by atoms with Gasteiger partial charge in [0.05, 0.1) is 18.5 Å². The minimum Gasteiger partial charge on any atom is -0.496 e. The van der Waals surface area contributed by atoms with Gasteiger partial charge in [-0.05, 0) is 50.6 Å². The molecule has 0 saturated carbocycles. The summed E-state index contributed by atoms with van der Waals surface area (Å²) in [7, 11) is 1.56. The smallest absolute Gasteiger partial charge is 0.312 e. The number of nitrogens with one attached hydrogen (secondary N) is 1. The largest absolute Gasteiger partial charge is 0.496 e. The zero-order chi connectivity index (χ0) is 22.7. The van der Waals surface area contributed by atoms with Gasteiger partial charge in [-0.25, -0.2) is 4.99 Å². The number of aliphatic imine (C=N–C) groups is 1. The van der Waals surface area contributed by atoms with Crippen LogP contribution in [0.25, 0.3) is 6.08 Å². The first-order chi connectivity index (χ1) is 15.5. The van der Waals surface area contributed by atoms with Crippen LogP contribution in [0.2, 0.25) is 0 Å². The summed E-state index contributed by atoms with van der Waals surface area (Å²) in [5.74, 6) is 0.735. The second-order valence-corrected chi connectivity index (χ2v) is 7.40. The van der Waals surface area contributed by atoms with Crippen LogP contribution in [0.4, 0.5) is 0 Å². The zero-order valence-electron chi connectivity index (χ0n) is 18.0. The van der Waals surface area contributed by atoms with E-state index in [2.05, 4.69) is 15.5 Å². The third kappa shape index (κ3) is 4.39. The molecule has 1 atom stereocenters. The number of benzene rings is 1. The van der Waals surface area contributed by atoms with Crippen molar-refractivity contribution in [2.24, 2.45) is 4.99 Å². The van der Waals surface area contributed by atoms with Crippen LogP contribution in [-0.4, -0.2) is 42.4 Å². The first-order valence-electron chi connectivity index (χ1n) is 10.2. The van der Waals surface area contributed by atoms with Crippen molar-refractivity contribution in [3.8, 4) is 5.75 Å². The van der Waals surface area contributed by atoms with Gasteiger partial charge in [0.25, 0.3) is 5.91 Å². The molecule has 2 aliphatic rings. The van der Waals surface area contributed by atoms with Gasteiger partial charge in [-0.1, -0.05) is 23.4 Å². The van der Waals surface area contributed by atoms with Crippen molar-refractivity contribution in [3.05, 3.63) is 76.4 Å². The number of carbonyl (C=O) groups excluding carboxylic acids is 2. The van der Waals surface area contributed by atoms with Gasteiger partial charge in [0, 0.05) is 23.2 Å². The van der Waals surface area contributed by atoms with Crippen LogP contribution in [0.5, 0.6) is 5.75 Å². The second-order valence-electron chi connectivity index (χ2n) is 7.40. The molecule has 1 aliphatic heterocycles. The molecule has 8 heteroatoms. The molecule has 32 heavy (non-hydrogen) atoms. The molecule has 2 heterocycles. The Hall–Kier alpha value is -3.94. The van der Waals surface area contributed by atoms with Gasteiger partial charge in [-0.2, -0.15) is 0 Å². The summed E-state index contributed by atoms with van der Waals surface area (Å²) < 4.78 is 16.3. The number of aryl methyl sites for hydroxylation is 2. The Morgan fingerprint density at radius 1 is 1.28 bits per heavy atom. The average molecular weight is 433 g/mol. The van der Waals surface area contributed by atoms with Gasteiger partial charge in [-0.15, -0.1) is 0 Å². The van der Waals surface area contributed by atoms with E-state index in [0.717, 1.165) is 17.0 Å². The molecule has 0 saturated heterocycles. The fourth-order valence-corrected chi connectivity index (χ4v) is 3.56. The number of ether oxygens (including phenoxy) is 2. The van der Waals surface area contributed by atoms with E-state index in [9.17, 15) is 9.59 Å². The summed E-state index contributed by atoms with van der Waals surface area (Å²) >= 11 is 0. The van der Waals surface area contributed by atoms with Crippen LogP contribution in [-0.2, 0) is 20.7 Å². The van der Waals surface area contributed by atoms with E-state index in [1.165, 1.54) is 0 Å². The summed E-state index contributed by atoms with van der Waals surface area (Å²) in [6.07, 6.45) is 6.65. The highest BCUT2D eigenvalue weighted by Crippen LogP contribution is 2.26. The normalized spacial score (nSPS) is 18.5. The Bertz CT molecular complexity index is 1170. The molecule has 8 nitrogen and oxygen atoms in total. The van der Waals surface area contributed by atoms with E-state index < -0.39 is 12.0 Å². The number of amides is 2. The Morgan fingerprint density at radius 3 is 2.84 bits per heavy atom. The van der Waals surface area contributed by atoms with Gasteiger partial charge in [-0.3, -0.25) is 9.59 Å². The van der Waals surface area contributed by atoms with E-state index in [0.29, 0.717) is 35.6 Å². The zero-order valence-corrected chi connectivity index (χ0v) is 18.0. The molecule has 1 N–H and O–H groups in total. The Kier molecular flexibility index (Phi) is 6.02. The van der Waals surface area contributed by atoms with E-state index >= 15 is 0 Å². The SMILES string of the molecule is COc1ccccc1/C=C1\OC2C=CC(C(=O)NCCc3c(C)noc3C)=CC2=NC1=O. The van der Waals surface area contributed by atoms with Crippen LogP contribution >= 0.6 is 0 Å². The maximum Gasteiger partial charge on any atom is 0.312 e. The lowest BCUT2D eigenvalue weighted by Gasteiger charge is -2.24. The number of methoxy groups -OCH3 is 1. The quantitative estimate of drug-likeness (QED) is 0.703. The van der Waals surface area contributed by atoms with Crippen LogP contribution in [0.1, 0.15) is 22.6 Å². The van der Waals surface area contributed by atoms with Crippen molar-refractivity contribution < 1.29 is 23.6 Å². The monoisotopic (exact) mass is 433 g/mol. The van der Waals surface area contributed by atoms with Crippen LogP contribution in [0, 0.1) is 13.8 Å². The van der Waals surface area contributed by atoms with Gasteiger partial charge in [0.15, 0.2) is 11.9 Å². The Balaban J connectivity index is 1.44. The van der Waals surface area contributed by atoms with Crippen molar-refractivity contribution >= 4 is 23.6 Å². The highest BCUT2D eigenvalue weighted by Gasteiger charge is 2.29. The molecule has 1 unspecified atom stereocenters. The first kappa shape index (κ1) is 21.3. The molecule has 1 aromatic heterocycles. The van der Waals surface area contributed by atoms with Crippen molar-refractivity contribution in [2.45, 2.75) is 26.4 Å². The topological polar surface area (TPSA) is 103 Å². The molecule has 0 spiro atoms. The predicted octanol–water partition coefficient (Wildman–Crippen LogP) is 2.86. The number of fused-ring (bicyclic) bond motifs is 1.